The first-order valence-corrected chi connectivity index (χ1v) is 6.33. The zero-order chi connectivity index (χ0) is 14.8. The van der Waals surface area contributed by atoms with Crippen molar-refractivity contribution in [3.63, 3.8) is 0 Å². The number of nitrogen functional groups attached to an aromatic ring is 1. The van der Waals surface area contributed by atoms with E-state index in [2.05, 4.69) is 21.7 Å². The fraction of sp³-hybridized carbons (Fsp3) is 0.583. The van der Waals surface area contributed by atoms with Crippen LogP contribution in [0.25, 0.3) is 0 Å². The van der Waals surface area contributed by atoms with Gasteiger partial charge in [-0.15, -0.1) is 0 Å². The highest BCUT2D eigenvalue weighted by molar-refractivity contribution is 5.74. The molecule has 0 saturated heterocycles. The maximum absolute atomic E-state index is 12.8. The smallest absolute Gasteiger partial charge is 0.382 e. The highest BCUT2D eigenvalue weighted by atomic mass is 19.4. The molecule has 1 fully saturated rings. The molecule has 1 aliphatic rings. The van der Waals surface area contributed by atoms with Crippen molar-refractivity contribution in [1.29, 1.82) is 0 Å². The third-order valence-electron chi connectivity index (χ3n) is 3.38. The maximum Gasteiger partial charge on any atom is 0.405 e. The zero-order valence-corrected chi connectivity index (χ0v) is 10.9. The van der Waals surface area contributed by atoms with Crippen LogP contribution in [-0.2, 0) is 0 Å². The van der Waals surface area contributed by atoms with Crippen LogP contribution in [0.4, 0.5) is 30.5 Å². The summed E-state index contributed by atoms with van der Waals surface area (Å²) in [4.78, 5) is 12.6. The molecule has 0 aromatic carbocycles. The Kier molecular flexibility index (Phi) is 4.10. The summed E-state index contributed by atoms with van der Waals surface area (Å²) in [5, 5.41) is 0. The number of nitrogens with zero attached hydrogens (tertiary/aromatic N) is 4. The monoisotopic (exact) mass is 287 g/mol. The van der Waals surface area contributed by atoms with Gasteiger partial charge in [-0.3, -0.25) is 4.99 Å². The van der Waals surface area contributed by atoms with E-state index in [1.165, 1.54) is 4.90 Å². The Bertz CT molecular complexity index is 482. The van der Waals surface area contributed by atoms with E-state index >= 15 is 0 Å². The standard InChI is InChI=1S/C12H16F3N5/c1-17-9-10(16)18-7-19-11(9)20(6-12(13,14)15)8-4-2-3-5-8/h7-8H,1-6H2,(H2,16,18,19). The Labute approximate surface area is 114 Å². The van der Waals surface area contributed by atoms with Crippen LogP contribution in [0.2, 0.25) is 0 Å². The minimum atomic E-state index is -4.32. The zero-order valence-electron chi connectivity index (χ0n) is 10.9. The first kappa shape index (κ1) is 14.5. The Hall–Kier alpha value is -1.86. The summed E-state index contributed by atoms with van der Waals surface area (Å²) in [5.74, 6) is 0.145. The molecular formula is C12H16F3N5. The van der Waals surface area contributed by atoms with Gasteiger partial charge in [0.1, 0.15) is 18.6 Å². The quantitative estimate of drug-likeness (QED) is 0.865. The predicted octanol–water partition coefficient (Wildman–Crippen LogP) is 2.70. The fourth-order valence-corrected chi connectivity index (χ4v) is 2.53. The topological polar surface area (TPSA) is 67.4 Å². The molecule has 0 spiro atoms. The molecule has 20 heavy (non-hydrogen) atoms. The number of aromatic nitrogens is 2. The van der Waals surface area contributed by atoms with Gasteiger partial charge in [-0.1, -0.05) is 12.8 Å². The van der Waals surface area contributed by atoms with Gasteiger partial charge in [-0.2, -0.15) is 13.2 Å². The van der Waals surface area contributed by atoms with Gasteiger partial charge in [0.15, 0.2) is 11.6 Å². The van der Waals surface area contributed by atoms with Crippen molar-refractivity contribution in [1.82, 2.24) is 9.97 Å². The van der Waals surface area contributed by atoms with Crippen LogP contribution in [0.15, 0.2) is 11.3 Å². The van der Waals surface area contributed by atoms with Gasteiger partial charge in [0, 0.05) is 6.04 Å². The van der Waals surface area contributed by atoms with E-state index in [0.29, 0.717) is 12.8 Å². The number of nitrogens with two attached hydrogens (primary N) is 1. The number of rotatable bonds is 4. The van der Waals surface area contributed by atoms with Gasteiger partial charge in [0.25, 0.3) is 0 Å². The number of anilines is 2. The van der Waals surface area contributed by atoms with E-state index < -0.39 is 12.7 Å². The highest BCUT2D eigenvalue weighted by Gasteiger charge is 2.36. The Morgan fingerprint density at radius 1 is 1.35 bits per heavy atom. The second kappa shape index (κ2) is 5.64. The molecule has 1 aromatic rings. The number of alkyl halides is 3. The lowest BCUT2D eigenvalue weighted by molar-refractivity contribution is -0.120. The minimum absolute atomic E-state index is 0.0372. The van der Waals surface area contributed by atoms with Crippen LogP contribution in [0.3, 0.4) is 0 Å². The van der Waals surface area contributed by atoms with Crippen LogP contribution < -0.4 is 10.6 Å². The molecule has 0 amide bonds. The van der Waals surface area contributed by atoms with Crippen molar-refractivity contribution >= 4 is 24.0 Å². The van der Waals surface area contributed by atoms with Gasteiger partial charge in [0.2, 0.25) is 0 Å². The summed E-state index contributed by atoms with van der Waals surface area (Å²) in [5.41, 5.74) is 5.75. The van der Waals surface area contributed by atoms with Gasteiger partial charge in [0.05, 0.1) is 0 Å². The predicted molar refractivity (Wildman–Crippen MR) is 71.3 cm³/mol. The van der Waals surface area contributed by atoms with E-state index in [4.69, 9.17) is 5.73 Å². The molecule has 1 aromatic heterocycles. The second-order valence-corrected chi connectivity index (χ2v) is 4.77. The highest BCUT2D eigenvalue weighted by Crippen LogP contribution is 2.36. The van der Waals surface area contributed by atoms with Crippen molar-refractivity contribution in [2.24, 2.45) is 4.99 Å². The molecule has 2 rings (SSSR count). The fourth-order valence-electron chi connectivity index (χ4n) is 2.53. The van der Waals surface area contributed by atoms with E-state index in [-0.39, 0.29) is 23.4 Å². The number of aliphatic imine (C=N–C) groups is 1. The molecular weight excluding hydrogens is 271 g/mol. The first-order chi connectivity index (χ1) is 9.42. The summed E-state index contributed by atoms with van der Waals surface area (Å²) in [6.45, 7) is 2.27. The molecule has 5 nitrogen and oxygen atoms in total. The summed E-state index contributed by atoms with van der Waals surface area (Å²) in [6, 6.07) is -0.202. The van der Waals surface area contributed by atoms with Crippen molar-refractivity contribution in [2.45, 2.75) is 37.9 Å². The summed E-state index contributed by atoms with van der Waals surface area (Å²) in [7, 11) is 0. The average Bonchev–Trinajstić information content (AvgIpc) is 2.88. The maximum atomic E-state index is 12.8. The van der Waals surface area contributed by atoms with Crippen LogP contribution >= 0.6 is 0 Å². The van der Waals surface area contributed by atoms with Gasteiger partial charge in [-0.25, -0.2) is 9.97 Å². The SMILES string of the molecule is C=Nc1c(N)ncnc1N(CC(F)(F)F)C1CCCC1. The summed E-state index contributed by atoms with van der Waals surface area (Å²) < 4.78 is 38.5. The summed E-state index contributed by atoms with van der Waals surface area (Å²) in [6.07, 6.45) is 0.0679. The third-order valence-corrected chi connectivity index (χ3v) is 3.38. The molecule has 2 N–H and O–H groups in total. The van der Waals surface area contributed by atoms with Crippen molar-refractivity contribution in [3.05, 3.63) is 6.33 Å². The lowest BCUT2D eigenvalue weighted by Gasteiger charge is -2.31. The molecule has 110 valence electrons. The number of hydrogen-bond donors (Lipinski definition) is 1. The average molecular weight is 287 g/mol. The van der Waals surface area contributed by atoms with E-state index in [1.54, 1.807) is 0 Å². The van der Waals surface area contributed by atoms with Gasteiger partial charge >= 0.3 is 6.18 Å². The summed E-state index contributed by atoms with van der Waals surface area (Å²) >= 11 is 0. The van der Waals surface area contributed by atoms with E-state index in [1.807, 2.05) is 0 Å². The van der Waals surface area contributed by atoms with Crippen LogP contribution in [0.5, 0.6) is 0 Å². The van der Waals surface area contributed by atoms with Crippen LogP contribution in [0.1, 0.15) is 25.7 Å². The molecule has 1 saturated carbocycles. The molecule has 0 bridgehead atoms. The van der Waals surface area contributed by atoms with Crippen molar-refractivity contribution in [2.75, 3.05) is 17.2 Å². The van der Waals surface area contributed by atoms with Gasteiger partial charge in [-0.05, 0) is 19.6 Å². The van der Waals surface area contributed by atoms with E-state index in [0.717, 1.165) is 19.2 Å². The molecule has 1 aliphatic carbocycles. The third kappa shape index (κ3) is 3.17. The molecule has 8 heteroatoms. The molecule has 0 atom stereocenters. The molecule has 0 aliphatic heterocycles. The van der Waals surface area contributed by atoms with E-state index in [9.17, 15) is 13.2 Å². The minimum Gasteiger partial charge on any atom is -0.382 e. The largest absolute Gasteiger partial charge is 0.405 e. The normalized spacial score (nSPS) is 16.4. The lowest BCUT2D eigenvalue weighted by Crippen LogP contribution is -2.41. The molecule has 1 heterocycles. The van der Waals surface area contributed by atoms with Crippen molar-refractivity contribution in [3.8, 4) is 0 Å². The number of hydrogen-bond acceptors (Lipinski definition) is 5. The van der Waals surface area contributed by atoms with Crippen LogP contribution in [0, 0.1) is 0 Å². The van der Waals surface area contributed by atoms with Crippen LogP contribution in [-0.4, -0.2) is 35.4 Å². The van der Waals surface area contributed by atoms with Crippen molar-refractivity contribution < 1.29 is 13.2 Å². The Morgan fingerprint density at radius 3 is 2.55 bits per heavy atom. The lowest BCUT2D eigenvalue weighted by atomic mass is 10.2. The molecule has 0 unspecified atom stereocenters. The number of halogens is 3. The van der Waals surface area contributed by atoms with Gasteiger partial charge < -0.3 is 10.6 Å². The molecule has 0 radical (unpaired) electrons. The first-order valence-electron chi connectivity index (χ1n) is 6.33. The second-order valence-electron chi connectivity index (χ2n) is 4.77. The Morgan fingerprint density at radius 2 is 2.00 bits per heavy atom. The Balaban J connectivity index is 2.40.